The van der Waals surface area contributed by atoms with E-state index in [1.165, 1.54) is 5.56 Å². The summed E-state index contributed by atoms with van der Waals surface area (Å²) in [5.74, 6) is 1.80. The molecule has 0 unspecified atom stereocenters. The van der Waals surface area contributed by atoms with Crippen LogP contribution < -0.4 is 0 Å². The quantitative estimate of drug-likeness (QED) is 0.310. The number of para-hydroxylation sites is 2. The van der Waals surface area contributed by atoms with Crippen molar-refractivity contribution in [3.05, 3.63) is 75.9 Å². The summed E-state index contributed by atoms with van der Waals surface area (Å²) in [5, 5.41) is 1.11. The third kappa shape index (κ3) is 2.52. The molecule has 0 atom stereocenters. The van der Waals surface area contributed by atoms with Gasteiger partial charge in [-0.3, -0.25) is 0 Å². The van der Waals surface area contributed by atoms with Crippen molar-refractivity contribution in [3.63, 3.8) is 0 Å². The molecule has 3 nitrogen and oxygen atoms in total. The van der Waals surface area contributed by atoms with E-state index in [0.29, 0.717) is 0 Å². The van der Waals surface area contributed by atoms with E-state index < -0.39 is 0 Å². The fraction of sp³-hybridized carbons (Fsp3) is 0.0455. The summed E-state index contributed by atoms with van der Waals surface area (Å²) in [6.45, 7) is 2.09. The molecular weight excluding hydrogens is 435 g/mol. The van der Waals surface area contributed by atoms with Crippen LogP contribution in [0.2, 0.25) is 0 Å². The van der Waals surface area contributed by atoms with Crippen LogP contribution in [0.3, 0.4) is 0 Å². The lowest BCUT2D eigenvalue weighted by Crippen LogP contribution is -1.81. The number of aromatic amines is 1. The molecule has 0 fully saturated rings. The van der Waals surface area contributed by atoms with Crippen molar-refractivity contribution >= 4 is 44.6 Å². The number of hydrogen-bond donors (Lipinski definition) is 1. The molecule has 4 heteroatoms. The Morgan fingerprint density at radius 1 is 0.923 bits per heavy atom. The summed E-state index contributed by atoms with van der Waals surface area (Å²) in [6, 6.07) is 22.7. The van der Waals surface area contributed by atoms with Crippen LogP contribution in [0.25, 0.3) is 44.7 Å². The number of H-pyrrole nitrogens is 1. The standard InChI is InChI=1S/C22H15IN2O/c1-13-6-8-14(9-7-13)21-20(23)16-12-15(10-11-19(16)26-21)22-24-17-4-2-3-5-18(17)25-22/h2-12H,1H3,(H,24,25). The maximum atomic E-state index is 6.14. The number of nitrogens with one attached hydrogen (secondary N) is 1. The van der Waals surface area contributed by atoms with Gasteiger partial charge in [-0.1, -0.05) is 42.0 Å². The minimum absolute atomic E-state index is 0.877. The van der Waals surface area contributed by atoms with Crippen molar-refractivity contribution in [1.29, 1.82) is 0 Å². The lowest BCUT2D eigenvalue weighted by Gasteiger charge is -1.98. The Hall–Kier alpha value is -2.60. The van der Waals surface area contributed by atoms with Crippen LogP contribution in [0.4, 0.5) is 0 Å². The first kappa shape index (κ1) is 15.6. The van der Waals surface area contributed by atoms with Crippen LogP contribution in [0, 0.1) is 10.5 Å². The number of nitrogens with zero attached hydrogens (tertiary/aromatic N) is 1. The second-order valence-electron chi connectivity index (χ2n) is 6.42. The van der Waals surface area contributed by atoms with Crippen LogP contribution >= 0.6 is 22.6 Å². The van der Waals surface area contributed by atoms with Gasteiger partial charge in [-0.25, -0.2) is 4.98 Å². The average molecular weight is 450 g/mol. The molecule has 1 N–H and O–H groups in total. The minimum atomic E-state index is 0.877. The molecule has 26 heavy (non-hydrogen) atoms. The van der Waals surface area contributed by atoms with E-state index in [0.717, 1.165) is 48.3 Å². The fourth-order valence-electron chi connectivity index (χ4n) is 3.19. The summed E-state index contributed by atoms with van der Waals surface area (Å²) < 4.78 is 7.26. The van der Waals surface area contributed by atoms with Gasteiger partial charge in [0.25, 0.3) is 0 Å². The summed E-state index contributed by atoms with van der Waals surface area (Å²) >= 11 is 2.37. The van der Waals surface area contributed by atoms with E-state index in [4.69, 9.17) is 9.40 Å². The minimum Gasteiger partial charge on any atom is -0.455 e. The highest BCUT2D eigenvalue weighted by Crippen LogP contribution is 2.36. The molecule has 5 aromatic rings. The van der Waals surface area contributed by atoms with E-state index in [9.17, 15) is 0 Å². The molecule has 0 aliphatic heterocycles. The molecule has 5 rings (SSSR count). The van der Waals surface area contributed by atoms with Gasteiger partial charge in [0.1, 0.15) is 17.2 Å². The highest BCUT2D eigenvalue weighted by molar-refractivity contribution is 14.1. The number of benzene rings is 3. The third-order valence-corrected chi connectivity index (χ3v) is 5.67. The maximum absolute atomic E-state index is 6.14. The summed E-state index contributed by atoms with van der Waals surface area (Å²) in [6.07, 6.45) is 0. The molecule has 0 radical (unpaired) electrons. The van der Waals surface area contributed by atoms with Crippen LogP contribution in [-0.2, 0) is 0 Å². The number of halogens is 1. The van der Waals surface area contributed by atoms with Crippen LogP contribution in [-0.4, -0.2) is 9.97 Å². The Labute approximate surface area is 164 Å². The van der Waals surface area contributed by atoms with Gasteiger partial charge in [-0.15, -0.1) is 0 Å². The predicted octanol–water partition coefficient (Wildman–Crippen LogP) is 6.56. The molecule has 0 aliphatic carbocycles. The molecule has 0 saturated carbocycles. The molecule has 3 aromatic carbocycles. The zero-order valence-electron chi connectivity index (χ0n) is 14.1. The number of furan rings is 1. The van der Waals surface area contributed by atoms with Crippen molar-refractivity contribution in [3.8, 4) is 22.7 Å². The number of rotatable bonds is 2. The van der Waals surface area contributed by atoms with E-state index in [1.807, 2.05) is 30.3 Å². The van der Waals surface area contributed by atoms with Gasteiger partial charge in [0.15, 0.2) is 0 Å². The largest absolute Gasteiger partial charge is 0.455 e. The zero-order chi connectivity index (χ0) is 17.7. The highest BCUT2D eigenvalue weighted by Gasteiger charge is 2.15. The lowest BCUT2D eigenvalue weighted by molar-refractivity contribution is 0.629. The molecule has 0 spiro atoms. The summed E-state index contributed by atoms with van der Waals surface area (Å²) in [5.41, 5.74) is 6.32. The Morgan fingerprint density at radius 2 is 1.69 bits per heavy atom. The molecule has 2 aromatic heterocycles. The molecule has 0 aliphatic rings. The van der Waals surface area contributed by atoms with Crippen molar-refractivity contribution in [2.45, 2.75) is 6.92 Å². The average Bonchev–Trinajstić information content (AvgIpc) is 3.24. The second-order valence-corrected chi connectivity index (χ2v) is 7.50. The van der Waals surface area contributed by atoms with E-state index in [1.54, 1.807) is 0 Å². The molecular formula is C22H15IN2O. The molecule has 0 saturated heterocycles. The Morgan fingerprint density at radius 3 is 2.50 bits per heavy atom. The van der Waals surface area contributed by atoms with Crippen molar-refractivity contribution < 1.29 is 4.42 Å². The summed E-state index contributed by atoms with van der Waals surface area (Å²) in [7, 11) is 0. The second kappa shape index (κ2) is 5.99. The van der Waals surface area contributed by atoms with Crippen molar-refractivity contribution in [2.24, 2.45) is 0 Å². The number of aromatic nitrogens is 2. The lowest BCUT2D eigenvalue weighted by atomic mass is 10.1. The smallest absolute Gasteiger partial charge is 0.148 e. The highest BCUT2D eigenvalue weighted by atomic mass is 127. The number of aryl methyl sites for hydroxylation is 1. The molecule has 126 valence electrons. The van der Waals surface area contributed by atoms with Crippen LogP contribution in [0.5, 0.6) is 0 Å². The van der Waals surface area contributed by atoms with E-state index >= 15 is 0 Å². The zero-order valence-corrected chi connectivity index (χ0v) is 16.2. The first-order chi connectivity index (χ1) is 12.7. The molecule has 0 amide bonds. The van der Waals surface area contributed by atoms with E-state index in [2.05, 4.69) is 70.9 Å². The maximum Gasteiger partial charge on any atom is 0.148 e. The molecule has 2 heterocycles. The van der Waals surface area contributed by atoms with Crippen LogP contribution in [0.15, 0.2) is 71.1 Å². The van der Waals surface area contributed by atoms with Gasteiger partial charge in [0.2, 0.25) is 0 Å². The number of fused-ring (bicyclic) bond motifs is 2. The predicted molar refractivity (Wildman–Crippen MR) is 114 cm³/mol. The Balaban J connectivity index is 1.65. The van der Waals surface area contributed by atoms with Gasteiger partial charge < -0.3 is 9.40 Å². The van der Waals surface area contributed by atoms with Gasteiger partial charge >= 0.3 is 0 Å². The van der Waals surface area contributed by atoms with Gasteiger partial charge in [0, 0.05) is 16.5 Å². The molecule has 0 bridgehead atoms. The van der Waals surface area contributed by atoms with Gasteiger partial charge in [-0.2, -0.15) is 0 Å². The topological polar surface area (TPSA) is 41.8 Å². The van der Waals surface area contributed by atoms with Gasteiger partial charge in [-0.05, 0) is 59.8 Å². The van der Waals surface area contributed by atoms with Gasteiger partial charge in [0.05, 0.1) is 14.6 Å². The third-order valence-electron chi connectivity index (χ3n) is 4.60. The van der Waals surface area contributed by atoms with E-state index in [-0.39, 0.29) is 0 Å². The first-order valence-corrected chi connectivity index (χ1v) is 9.51. The van der Waals surface area contributed by atoms with Crippen molar-refractivity contribution in [2.75, 3.05) is 0 Å². The Kier molecular flexibility index (Phi) is 3.60. The fourth-order valence-corrected chi connectivity index (χ4v) is 4.04. The number of hydrogen-bond acceptors (Lipinski definition) is 2. The van der Waals surface area contributed by atoms with Crippen molar-refractivity contribution in [1.82, 2.24) is 9.97 Å². The Bertz CT molecular complexity index is 1220. The normalized spacial score (nSPS) is 11.5. The number of imidazole rings is 1. The van der Waals surface area contributed by atoms with Crippen LogP contribution in [0.1, 0.15) is 5.56 Å². The SMILES string of the molecule is Cc1ccc(-c2oc3ccc(-c4nc5ccccc5[nH]4)cc3c2I)cc1. The first-order valence-electron chi connectivity index (χ1n) is 8.43. The summed E-state index contributed by atoms with van der Waals surface area (Å²) in [4.78, 5) is 8.10. The monoisotopic (exact) mass is 450 g/mol.